The van der Waals surface area contributed by atoms with Gasteiger partial charge in [0.15, 0.2) is 0 Å². The highest BCUT2D eigenvalue weighted by molar-refractivity contribution is 5.49. The summed E-state index contributed by atoms with van der Waals surface area (Å²) in [5, 5.41) is 0. The van der Waals surface area contributed by atoms with E-state index >= 15 is 0 Å². The van der Waals surface area contributed by atoms with Crippen LogP contribution in [-0.2, 0) is 4.79 Å². The van der Waals surface area contributed by atoms with Crippen LogP contribution in [0, 0.1) is 11.8 Å². The van der Waals surface area contributed by atoms with E-state index in [1.807, 2.05) is 7.05 Å². The van der Waals surface area contributed by atoms with Crippen molar-refractivity contribution in [2.45, 2.75) is 19.8 Å². The van der Waals surface area contributed by atoms with Gasteiger partial charge in [-0.15, -0.1) is 5.92 Å². The lowest BCUT2D eigenvalue weighted by Gasteiger charge is -2.07. The second kappa shape index (κ2) is 7.30. The molecule has 0 rings (SSSR count). The monoisotopic (exact) mass is 153 g/mol. The molecule has 0 amide bonds. The van der Waals surface area contributed by atoms with Gasteiger partial charge < -0.3 is 4.79 Å². The normalized spacial score (nSPS) is 9.00. The molecule has 0 saturated heterocycles. The van der Waals surface area contributed by atoms with Crippen LogP contribution in [-0.4, -0.2) is 31.3 Å². The van der Waals surface area contributed by atoms with E-state index in [1.54, 1.807) is 0 Å². The standard InChI is InChI=1S/C9H15NO/c1-3-10(2)8-6-4-5-7-9-11/h9H,3,5,7-8H2,1-2H3. The minimum absolute atomic E-state index is 0.558. The molecule has 0 radical (unpaired) electrons. The molecular formula is C9H15NO. The fraction of sp³-hybridized carbons (Fsp3) is 0.667. The van der Waals surface area contributed by atoms with Gasteiger partial charge in [0, 0.05) is 12.8 Å². The number of carbonyl (C=O) groups excluding carboxylic acids is 1. The van der Waals surface area contributed by atoms with Crippen LogP contribution >= 0.6 is 0 Å². The Labute approximate surface area is 68.6 Å². The van der Waals surface area contributed by atoms with Gasteiger partial charge in [-0.25, -0.2) is 0 Å². The van der Waals surface area contributed by atoms with Crippen LogP contribution in [0.25, 0.3) is 0 Å². The lowest BCUT2D eigenvalue weighted by molar-refractivity contribution is -0.107. The molecule has 0 aromatic rings. The second-order valence-corrected chi connectivity index (χ2v) is 2.39. The van der Waals surface area contributed by atoms with Crippen LogP contribution in [0.4, 0.5) is 0 Å². The molecule has 0 bridgehead atoms. The van der Waals surface area contributed by atoms with Gasteiger partial charge in [0.1, 0.15) is 6.29 Å². The summed E-state index contributed by atoms with van der Waals surface area (Å²) in [5.41, 5.74) is 0. The Kier molecular flexibility index (Phi) is 6.76. The Morgan fingerprint density at radius 2 is 2.18 bits per heavy atom. The minimum atomic E-state index is 0.558. The molecule has 0 fully saturated rings. The minimum Gasteiger partial charge on any atom is -0.303 e. The van der Waals surface area contributed by atoms with Crippen molar-refractivity contribution in [1.82, 2.24) is 4.90 Å². The summed E-state index contributed by atoms with van der Waals surface area (Å²) in [6, 6.07) is 0. The van der Waals surface area contributed by atoms with Crippen LogP contribution in [0.15, 0.2) is 0 Å². The van der Waals surface area contributed by atoms with Crippen molar-refractivity contribution < 1.29 is 4.79 Å². The average molecular weight is 153 g/mol. The summed E-state index contributed by atoms with van der Waals surface area (Å²) in [5.74, 6) is 5.92. The van der Waals surface area contributed by atoms with Crippen LogP contribution in [0.3, 0.4) is 0 Å². The fourth-order valence-corrected chi connectivity index (χ4v) is 0.522. The average Bonchev–Trinajstić information content (AvgIpc) is 2.04. The van der Waals surface area contributed by atoms with Crippen molar-refractivity contribution in [3.63, 3.8) is 0 Å². The van der Waals surface area contributed by atoms with Gasteiger partial charge in [0.2, 0.25) is 0 Å². The zero-order valence-electron chi connectivity index (χ0n) is 7.26. The largest absolute Gasteiger partial charge is 0.303 e. The molecule has 2 heteroatoms. The molecular weight excluding hydrogens is 138 g/mol. The lowest BCUT2D eigenvalue weighted by atomic mass is 10.3. The van der Waals surface area contributed by atoms with Gasteiger partial charge in [0.05, 0.1) is 6.54 Å². The summed E-state index contributed by atoms with van der Waals surface area (Å²) >= 11 is 0. The smallest absolute Gasteiger partial charge is 0.120 e. The molecule has 0 aliphatic heterocycles. The summed E-state index contributed by atoms with van der Waals surface area (Å²) in [6.07, 6.45) is 2.15. The molecule has 62 valence electrons. The number of rotatable bonds is 4. The zero-order chi connectivity index (χ0) is 8.53. The molecule has 0 N–H and O–H groups in total. The molecule has 0 aliphatic rings. The van der Waals surface area contributed by atoms with E-state index in [-0.39, 0.29) is 0 Å². The molecule has 0 aromatic heterocycles. The molecule has 0 unspecified atom stereocenters. The molecule has 0 saturated carbocycles. The van der Waals surface area contributed by atoms with Crippen LogP contribution in [0.2, 0.25) is 0 Å². The Hall–Kier alpha value is -0.810. The van der Waals surface area contributed by atoms with Crippen LogP contribution in [0.1, 0.15) is 19.8 Å². The van der Waals surface area contributed by atoms with Crippen LogP contribution < -0.4 is 0 Å². The first-order valence-electron chi connectivity index (χ1n) is 3.89. The van der Waals surface area contributed by atoms with E-state index in [9.17, 15) is 4.79 Å². The summed E-state index contributed by atoms with van der Waals surface area (Å²) in [6.45, 7) is 3.91. The van der Waals surface area contributed by atoms with Crippen molar-refractivity contribution in [2.75, 3.05) is 20.1 Å². The number of nitrogens with zero attached hydrogens (tertiary/aromatic N) is 1. The van der Waals surface area contributed by atoms with E-state index in [1.165, 1.54) is 0 Å². The van der Waals surface area contributed by atoms with Gasteiger partial charge in [-0.2, -0.15) is 0 Å². The third kappa shape index (κ3) is 7.08. The topological polar surface area (TPSA) is 20.3 Å². The molecule has 0 aromatic carbocycles. The van der Waals surface area contributed by atoms with E-state index in [4.69, 9.17) is 0 Å². The first kappa shape index (κ1) is 10.2. The predicted molar refractivity (Wildman–Crippen MR) is 46.2 cm³/mol. The van der Waals surface area contributed by atoms with Crippen LogP contribution in [0.5, 0.6) is 0 Å². The van der Waals surface area contributed by atoms with E-state index in [2.05, 4.69) is 23.7 Å². The highest BCUT2D eigenvalue weighted by atomic mass is 16.1. The van der Waals surface area contributed by atoms with Crippen molar-refractivity contribution in [2.24, 2.45) is 0 Å². The van der Waals surface area contributed by atoms with Gasteiger partial charge in [-0.05, 0) is 13.6 Å². The third-order valence-corrected chi connectivity index (χ3v) is 1.40. The van der Waals surface area contributed by atoms with Gasteiger partial charge in [0.25, 0.3) is 0 Å². The predicted octanol–water partition coefficient (Wildman–Crippen LogP) is 0.921. The fourth-order valence-electron chi connectivity index (χ4n) is 0.522. The SMILES string of the molecule is CCN(C)CC#CCCC=O. The zero-order valence-corrected chi connectivity index (χ0v) is 7.26. The summed E-state index contributed by atoms with van der Waals surface area (Å²) < 4.78 is 0. The number of unbranched alkanes of at least 4 members (excludes halogenated alkanes) is 1. The Bertz CT molecular complexity index is 155. The molecule has 0 heterocycles. The van der Waals surface area contributed by atoms with Gasteiger partial charge >= 0.3 is 0 Å². The summed E-state index contributed by atoms with van der Waals surface area (Å²) in [7, 11) is 2.02. The Morgan fingerprint density at radius 3 is 2.73 bits per heavy atom. The first-order chi connectivity index (χ1) is 5.31. The van der Waals surface area contributed by atoms with Crippen molar-refractivity contribution in [3.8, 4) is 11.8 Å². The van der Waals surface area contributed by atoms with Gasteiger partial charge in [-0.1, -0.05) is 12.8 Å². The third-order valence-electron chi connectivity index (χ3n) is 1.40. The maximum absolute atomic E-state index is 9.88. The molecule has 0 aliphatic carbocycles. The quantitative estimate of drug-likeness (QED) is 0.340. The molecule has 0 spiro atoms. The Morgan fingerprint density at radius 1 is 1.45 bits per heavy atom. The van der Waals surface area contributed by atoms with Crippen molar-refractivity contribution in [1.29, 1.82) is 0 Å². The van der Waals surface area contributed by atoms with Gasteiger partial charge in [-0.3, -0.25) is 4.90 Å². The lowest BCUT2D eigenvalue weighted by Crippen LogP contribution is -2.17. The number of hydrogen-bond donors (Lipinski definition) is 0. The number of hydrogen-bond acceptors (Lipinski definition) is 2. The highest BCUT2D eigenvalue weighted by Gasteiger charge is 1.86. The molecule has 2 nitrogen and oxygen atoms in total. The first-order valence-corrected chi connectivity index (χ1v) is 3.89. The molecule has 0 atom stereocenters. The number of aldehydes is 1. The summed E-state index contributed by atoms with van der Waals surface area (Å²) in [4.78, 5) is 12.0. The second-order valence-electron chi connectivity index (χ2n) is 2.39. The highest BCUT2D eigenvalue weighted by Crippen LogP contribution is 1.81. The van der Waals surface area contributed by atoms with Crippen molar-refractivity contribution >= 4 is 6.29 Å². The maximum Gasteiger partial charge on any atom is 0.120 e. The van der Waals surface area contributed by atoms with Crippen molar-refractivity contribution in [3.05, 3.63) is 0 Å². The molecule has 11 heavy (non-hydrogen) atoms. The van der Waals surface area contributed by atoms with E-state index in [0.29, 0.717) is 12.8 Å². The van der Waals surface area contributed by atoms with E-state index < -0.39 is 0 Å². The Balaban J connectivity index is 3.31. The van der Waals surface area contributed by atoms with E-state index in [0.717, 1.165) is 19.4 Å². The maximum atomic E-state index is 9.88. The number of carbonyl (C=O) groups is 1.